The van der Waals surface area contributed by atoms with Crippen LogP contribution in [0.1, 0.15) is 28.8 Å². The second-order valence-electron chi connectivity index (χ2n) is 6.24. The van der Waals surface area contributed by atoms with Crippen LogP contribution < -0.4 is 5.73 Å². The van der Waals surface area contributed by atoms with E-state index >= 15 is 0 Å². The monoisotopic (exact) mass is 322 g/mol. The summed E-state index contributed by atoms with van der Waals surface area (Å²) in [5.41, 5.74) is 6.37. The molecule has 1 aromatic rings. The van der Waals surface area contributed by atoms with Crippen molar-refractivity contribution in [2.45, 2.75) is 36.7 Å². The highest BCUT2D eigenvalue weighted by Gasteiger charge is 2.55. The van der Waals surface area contributed by atoms with Crippen LogP contribution >= 0.6 is 0 Å². The zero-order valence-electron chi connectivity index (χ0n) is 12.4. The lowest BCUT2D eigenvalue weighted by Crippen LogP contribution is -2.46. The van der Waals surface area contributed by atoms with Gasteiger partial charge in [0.1, 0.15) is 6.04 Å². The van der Waals surface area contributed by atoms with E-state index in [0.29, 0.717) is 23.5 Å². The van der Waals surface area contributed by atoms with E-state index in [0.717, 1.165) is 12.7 Å². The summed E-state index contributed by atoms with van der Waals surface area (Å²) >= 11 is 0. The number of aryl methyl sites for hydroxylation is 1. The molecule has 1 saturated heterocycles. The standard InChI is InChI=1S/C15H18N2O4S/c1-8-3-10(5-11(4-8)22(2,20)21)15(19)17-12-6-9(12)7-13(17)14(16)18/h3-5,9,12-13H,6-7H2,1-2H3,(H2,16,18). The van der Waals surface area contributed by atoms with Gasteiger partial charge < -0.3 is 10.6 Å². The van der Waals surface area contributed by atoms with E-state index in [1.807, 2.05) is 0 Å². The number of nitrogens with zero attached hydrogens (tertiary/aromatic N) is 1. The van der Waals surface area contributed by atoms with Crippen molar-refractivity contribution < 1.29 is 18.0 Å². The average molecular weight is 322 g/mol. The van der Waals surface area contributed by atoms with Crippen LogP contribution in [0.4, 0.5) is 0 Å². The molecule has 3 atom stereocenters. The van der Waals surface area contributed by atoms with Crippen molar-refractivity contribution in [1.82, 2.24) is 4.90 Å². The third kappa shape index (κ3) is 2.49. The molecule has 1 aliphatic heterocycles. The van der Waals surface area contributed by atoms with Gasteiger partial charge in [-0.3, -0.25) is 9.59 Å². The van der Waals surface area contributed by atoms with Crippen molar-refractivity contribution in [3.05, 3.63) is 29.3 Å². The Hall–Kier alpha value is -1.89. The Morgan fingerprint density at radius 1 is 1.23 bits per heavy atom. The van der Waals surface area contributed by atoms with Crippen LogP contribution in [0.25, 0.3) is 0 Å². The SMILES string of the molecule is Cc1cc(C(=O)N2C(C(N)=O)CC3CC32)cc(S(C)(=O)=O)c1. The Labute approximate surface area is 129 Å². The van der Waals surface area contributed by atoms with Crippen LogP contribution in [0.2, 0.25) is 0 Å². The highest BCUT2D eigenvalue weighted by Crippen LogP contribution is 2.48. The van der Waals surface area contributed by atoms with Gasteiger partial charge in [0.2, 0.25) is 5.91 Å². The van der Waals surface area contributed by atoms with Crippen molar-refractivity contribution in [1.29, 1.82) is 0 Å². The maximum absolute atomic E-state index is 12.8. The van der Waals surface area contributed by atoms with Gasteiger partial charge >= 0.3 is 0 Å². The summed E-state index contributed by atoms with van der Waals surface area (Å²) in [7, 11) is -3.40. The third-order valence-electron chi connectivity index (χ3n) is 4.39. The highest BCUT2D eigenvalue weighted by atomic mass is 32.2. The first-order valence-electron chi connectivity index (χ1n) is 7.12. The van der Waals surface area contributed by atoms with Gasteiger partial charge in [-0.25, -0.2) is 8.42 Å². The molecule has 1 aliphatic carbocycles. The van der Waals surface area contributed by atoms with E-state index in [2.05, 4.69) is 0 Å². The summed E-state index contributed by atoms with van der Waals surface area (Å²) in [6, 6.07) is 4.02. The summed E-state index contributed by atoms with van der Waals surface area (Å²) in [5, 5.41) is 0. The van der Waals surface area contributed by atoms with Crippen LogP contribution in [0, 0.1) is 12.8 Å². The second-order valence-corrected chi connectivity index (χ2v) is 8.25. The molecule has 7 heteroatoms. The minimum absolute atomic E-state index is 0.0622. The molecule has 2 aliphatic rings. The van der Waals surface area contributed by atoms with E-state index in [1.165, 1.54) is 17.0 Å². The number of benzene rings is 1. The minimum Gasteiger partial charge on any atom is -0.368 e. The molecule has 3 unspecified atom stereocenters. The lowest BCUT2D eigenvalue weighted by Gasteiger charge is -2.25. The molecule has 2 amide bonds. The number of rotatable bonds is 3. The average Bonchev–Trinajstić information content (AvgIpc) is 3.07. The van der Waals surface area contributed by atoms with Crippen molar-refractivity contribution in [3.63, 3.8) is 0 Å². The zero-order chi connectivity index (χ0) is 16.2. The van der Waals surface area contributed by atoms with Crippen molar-refractivity contribution in [3.8, 4) is 0 Å². The number of piperidine rings is 1. The maximum Gasteiger partial charge on any atom is 0.254 e. The van der Waals surface area contributed by atoms with Crippen LogP contribution in [0.5, 0.6) is 0 Å². The number of likely N-dealkylation sites (tertiary alicyclic amines) is 1. The van der Waals surface area contributed by atoms with Crippen LogP contribution in [-0.2, 0) is 14.6 Å². The van der Waals surface area contributed by atoms with Gasteiger partial charge in [-0.1, -0.05) is 0 Å². The van der Waals surface area contributed by atoms with Gasteiger partial charge in [-0.2, -0.15) is 0 Å². The van der Waals surface area contributed by atoms with Crippen LogP contribution in [0.15, 0.2) is 23.1 Å². The zero-order valence-corrected chi connectivity index (χ0v) is 13.3. The Kier molecular flexibility index (Phi) is 3.28. The largest absolute Gasteiger partial charge is 0.368 e. The molecule has 0 radical (unpaired) electrons. The van der Waals surface area contributed by atoms with E-state index in [-0.39, 0.29) is 16.8 Å². The Bertz CT molecular complexity index is 772. The van der Waals surface area contributed by atoms with Gasteiger partial charge in [0.05, 0.1) is 4.90 Å². The molecular formula is C15H18N2O4S. The molecule has 1 saturated carbocycles. The van der Waals surface area contributed by atoms with Gasteiger partial charge in [-0.05, 0) is 49.4 Å². The molecule has 0 bridgehead atoms. The fourth-order valence-electron chi connectivity index (χ4n) is 3.24. The summed E-state index contributed by atoms with van der Waals surface area (Å²) in [5.74, 6) is -0.473. The number of nitrogens with two attached hydrogens (primary N) is 1. The fraction of sp³-hybridized carbons (Fsp3) is 0.467. The highest BCUT2D eigenvalue weighted by molar-refractivity contribution is 7.90. The van der Waals surface area contributed by atoms with E-state index in [9.17, 15) is 18.0 Å². The topological polar surface area (TPSA) is 97.5 Å². The Balaban J connectivity index is 1.99. The first kappa shape index (κ1) is 15.0. The van der Waals surface area contributed by atoms with Crippen molar-refractivity contribution >= 4 is 21.7 Å². The number of sulfone groups is 1. The van der Waals surface area contributed by atoms with E-state index in [4.69, 9.17) is 5.73 Å². The lowest BCUT2D eigenvalue weighted by atomic mass is 10.1. The van der Waals surface area contributed by atoms with Gasteiger partial charge in [0, 0.05) is 17.9 Å². The number of carbonyl (C=O) groups excluding carboxylic acids is 2. The first-order chi connectivity index (χ1) is 10.2. The number of carbonyl (C=O) groups is 2. The quantitative estimate of drug-likeness (QED) is 0.875. The summed E-state index contributed by atoms with van der Waals surface area (Å²) < 4.78 is 23.5. The Morgan fingerprint density at radius 2 is 1.91 bits per heavy atom. The number of amides is 2. The number of fused-ring (bicyclic) bond motifs is 1. The molecule has 2 fully saturated rings. The normalized spacial score (nSPS) is 26.6. The molecule has 1 heterocycles. The van der Waals surface area contributed by atoms with Crippen molar-refractivity contribution in [2.24, 2.45) is 11.7 Å². The molecule has 0 aromatic heterocycles. The van der Waals surface area contributed by atoms with E-state index in [1.54, 1.807) is 13.0 Å². The number of hydrogen-bond acceptors (Lipinski definition) is 4. The fourth-order valence-corrected chi connectivity index (χ4v) is 3.98. The predicted molar refractivity (Wildman–Crippen MR) is 80.0 cm³/mol. The number of primary amides is 1. The molecule has 6 nitrogen and oxygen atoms in total. The molecule has 118 valence electrons. The third-order valence-corrected chi connectivity index (χ3v) is 5.49. The van der Waals surface area contributed by atoms with E-state index < -0.39 is 21.8 Å². The molecule has 2 N–H and O–H groups in total. The van der Waals surface area contributed by atoms with Crippen LogP contribution in [-0.4, -0.2) is 43.5 Å². The van der Waals surface area contributed by atoms with Crippen molar-refractivity contribution in [2.75, 3.05) is 6.26 Å². The molecule has 0 spiro atoms. The maximum atomic E-state index is 12.8. The Morgan fingerprint density at radius 3 is 2.50 bits per heavy atom. The summed E-state index contributed by atoms with van der Waals surface area (Å²) in [6.07, 6.45) is 2.60. The smallest absolute Gasteiger partial charge is 0.254 e. The number of hydrogen-bond donors (Lipinski definition) is 1. The molecular weight excluding hydrogens is 304 g/mol. The predicted octanol–water partition coefficient (Wildman–Crippen LogP) is 0.487. The summed E-state index contributed by atoms with van der Waals surface area (Å²) in [6.45, 7) is 1.74. The van der Waals surface area contributed by atoms with Gasteiger partial charge in [-0.15, -0.1) is 0 Å². The molecule has 1 aromatic carbocycles. The van der Waals surface area contributed by atoms with Crippen LogP contribution in [0.3, 0.4) is 0 Å². The second kappa shape index (κ2) is 4.81. The lowest BCUT2D eigenvalue weighted by molar-refractivity contribution is -0.122. The molecule has 22 heavy (non-hydrogen) atoms. The minimum atomic E-state index is -3.40. The molecule has 3 rings (SSSR count). The summed E-state index contributed by atoms with van der Waals surface area (Å²) in [4.78, 5) is 25.9. The van der Waals surface area contributed by atoms with Gasteiger partial charge in [0.25, 0.3) is 5.91 Å². The van der Waals surface area contributed by atoms with Gasteiger partial charge in [0.15, 0.2) is 9.84 Å². The first-order valence-corrected chi connectivity index (χ1v) is 9.01.